The summed E-state index contributed by atoms with van der Waals surface area (Å²) in [6.45, 7) is 1.31. The van der Waals surface area contributed by atoms with E-state index in [4.69, 9.17) is 5.73 Å². The van der Waals surface area contributed by atoms with Gasteiger partial charge in [-0.2, -0.15) is 0 Å². The fourth-order valence-electron chi connectivity index (χ4n) is 3.57. The summed E-state index contributed by atoms with van der Waals surface area (Å²) in [4.78, 5) is 22.8. The SMILES string of the molecule is NC[C@@H]1CCCCN1C(=O)c1cccc(-c2nc3ccccc3[nH]2)c1. The minimum atomic E-state index is 0.0631. The van der Waals surface area contributed by atoms with Gasteiger partial charge in [-0.05, 0) is 43.5 Å². The summed E-state index contributed by atoms with van der Waals surface area (Å²) in [6.07, 6.45) is 3.18. The number of H-pyrrole nitrogens is 1. The number of nitrogens with two attached hydrogens (primary N) is 1. The van der Waals surface area contributed by atoms with Gasteiger partial charge in [-0.15, -0.1) is 0 Å². The summed E-state index contributed by atoms with van der Waals surface area (Å²) in [5.41, 5.74) is 9.40. The highest BCUT2D eigenvalue weighted by molar-refractivity contribution is 5.95. The van der Waals surface area contributed by atoms with Gasteiger partial charge in [0.2, 0.25) is 0 Å². The number of fused-ring (bicyclic) bond motifs is 1. The number of amides is 1. The minimum absolute atomic E-state index is 0.0631. The first-order valence-electron chi connectivity index (χ1n) is 8.82. The van der Waals surface area contributed by atoms with E-state index in [0.29, 0.717) is 12.1 Å². The average molecular weight is 334 g/mol. The molecule has 1 aromatic heterocycles. The molecule has 3 N–H and O–H groups in total. The number of aromatic amines is 1. The molecule has 0 unspecified atom stereocenters. The van der Waals surface area contributed by atoms with Crippen LogP contribution in [0.4, 0.5) is 0 Å². The van der Waals surface area contributed by atoms with Gasteiger partial charge in [0.25, 0.3) is 5.91 Å². The van der Waals surface area contributed by atoms with Gasteiger partial charge in [0.15, 0.2) is 0 Å². The molecular weight excluding hydrogens is 312 g/mol. The first kappa shape index (κ1) is 15.8. The van der Waals surface area contributed by atoms with Gasteiger partial charge in [0.05, 0.1) is 11.0 Å². The number of likely N-dealkylation sites (tertiary alicyclic amines) is 1. The molecular formula is C20H22N4O. The van der Waals surface area contributed by atoms with Crippen molar-refractivity contribution in [1.29, 1.82) is 0 Å². The zero-order valence-electron chi connectivity index (χ0n) is 14.1. The standard InChI is InChI=1S/C20H22N4O/c21-13-16-8-3-4-11-24(16)20(25)15-7-5-6-14(12-15)19-22-17-9-1-2-10-18(17)23-19/h1-2,5-7,9-10,12,16H,3-4,8,11,13,21H2,(H,22,23)/t16-/m0/s1. The monoisotopic (exact) mass is 334 g/mol. The molecule has 5 nitrogen and oxygen atoms in total. The van der Waals surface area contributed by atoms with E-state index in [0.717, 1.165) is 48.2 Å². The Morgan fingerprint density at radius 2 is 2.08 bits per heavy atom. The van der Waals surface area contributed by atoms with Crippen LogP contribution in [0, 0.1) is 0 Å². The third kappa shape index (κ3) is 3.03. The Hall–Kier alpha value is -2.66. The van der Waals surface area contributed by atoms with Crippen LogP contribution in [0.15, 0.2) is 48.5 Å². The number of para-hydroxylation sites is 2. The third-order valence-corrected chi connectivity index (χ3v) is 4.93. The van der Waals surface area contributed by atoms with Gasteiger partial charge in [-0.25, -0.2) is 4.98 Å². The van der Waals surface area contributed by atoms with E-state index in [9.17, 15) is 4.79 Å². The second kappa shape index (κ2) is 6.69. The van der Waals surface area contributed by atoms with Crippen molar-refractivity contribution in [3.05, 3.63) is 54.1 Å². The Kier molecular flexibility index (Phi) is 4.24. The van der Waals surface area contributed by atoms with Crippen molar-refractivity contribution in [1.82, 2.24) is 14.9 Å². The number of benzene rings is 2. The minimum Gasteiger partial charge on any atom is -0.338 e. The number of piperidine rings is 1. The molecule has 1 atom stereocenters. The smallest absolute Gasteiger partial charge is 0.254 e. The molecule has 0 radical (unpaired) electrons. The molecule has 5 heteroatoms. The molecule has 0 spiro atoms. The normalized spacial score (nSPS) is 17.8. The summed E-state index contributed by atoms with van der Waals surface area (Å²) in [5, 5.41) is 0. The van der Waals surface area contributed by atoms with Gasteiger partial charge in [0.1, 0.15) is 5.82 Å². The lowest BCUT2D eigenvalue weighted by atomic mass is 10.0. The summed E-state index contributed by atoms with van der Waals surface area (Å²) >= 11 is 0. The molecule has 4 rings (SSSR count). The number of nitrogens with one attached hydrogen (secondary N) is 1. The van der Waals surface area contributed by atoms with E-state index >= 15 is 0 Å². The Balaban J connectivity index is 1.65. The maximum absolute atomic E-state index is 13.0. The van der Waals surface area contributed by atoms with Crippen molar-refractivity contribution in [2.75, 3.05) is 13.1 Å². The summed E-state index contributed by atoms with van der Waals surface area (Å²) in [5.74, 6) is 0.845. The highest BCUT2D eigenvalue weighted by atomic mass is 16.2. The fraction of sp³-hybridized carbons (Fsp3) is 0.300. The lowest BCUT2D eigenvalue weighted by Gasteiger charge is -2.35. The van der Waals surface area contributed by atoms with Crippen LogP contribution in [0.1, 0.15) is 29.6 Å². The summed E-state index contributed by atoms with van der Waals surface area (Å²) < 4.78 is 0. The van der Waals surface area contributed by atoms with E-state index in [-0.39, 0.29) is 11.9 Å². The zero-order chi connectivity index (χ0) is 17.2. The number of hydrogen-bond donors (Lipinski definition) is 2. The van der Waals surface area contributed by atoms with E-state index < -0.39 is 0 Å². The zero-order valence-corrected chi connectivity index (χ0v) is 14.1. The van der Waals surface area contributed by atoms with Crippen LogP contribution in [-0.2, 0) is 0 Å². The van der Waals surface area contributed by atoms with Crippen molar-refractivity contribution in [3.63, 3.8) is 0 Å². The van der Waals surface area contributed by atoms with Crippen LogP contribution in [0.25, 0.3) is 22.4 Å². The molecule has 2 aromatic carbocycles. The van der Waals surface area contributed by atoms with Crippen molar-refractivity contribution < 1.29 is 4.79 Å². The van der Waals surface area contributed by atoms with E-state index in [1.807, 2.05) is 53.4 Å². The summed E-state index contributed by atoms with van der Waals surface area (Å²) in [6, 6.07) is 15.8. The molecule has 1 aliphatic rings. The predicted octanol–water partition coefficient (Wildman–Crippen LogP) is 3.18. The molecule has 3 aromatic rings. The van der Waals surface area contributed by atoms with Gasteiger partial charge in [-0.1, -0.05) is 24.3 Å². The Bertz CT molecular complexity index is 868. The average Bonchev–Trinajstić information content (AvgIpc) is 3.12. The first-order valence-corrected chi connectivity index (χ1v) is 8.82. The summed E-state index contributed by atoms with van der Waals surface area (Å²) in [7, 11) is 0. The predicted molar refractivity (Wildman–Crippen MR) is 99.3 cm³/mol. The second-order valence-electron chi connectivity index (χ2n) is 6.57. The Morgan fingerprint density at radius 1 is 1.20 bits per heavy atom. The van der Waals surface area contributed by atoms with Crippen LogP contribution in [-0.4, -0.2) is 39.9 Å². The Labute approximate surface area is 146 Å². The lowest BCUT2D eigenvalue weighted by Crippen LogP contribution is -2.47. The van der Waals surface area contributed by atoms with Crippen LogP contribution in [0.2, 0.25) is 0 Å². The second-order valence-corrected chi connectivity index (χ2v) is 6.57. The Morgan fingerprint density at radius 3 is 2.92 bits per heavy atom. The molecule has 1 saturated heterocycles. The number of hydrogen-bond acceptors (Lipinski definition) is 3. The molecule has 1 aliphatic heterocycles. The molecule has 2 heterocycles. The quantitative estimate of drug-likeness (QED) is 0.772. The fourth-order valence-corrected chi connectivity index (χ4v) is 3.57. The number of nitrogens with zero attached hydrogens (tertiary/aromatic N) is 2. The molecule has 128 valence electrons. The number of carbonyl (C=O) groups excluding carboxylic acids is 1. The van der Waals surface area contributed by atoms with Crippen LogP contribution in [0.3, 0.4) is 0 Å². The third-order valence-electron chi connectivity index (χ3n) is 4.93. The molecule has 0 saturated carbocycles. The molecule has 1 amide bonds. The van der Waals surface area contributed by atoms with E-state index in [2.05, 4.69) is 9.97 Å². The van der Waals surface area contributed by atoms with Gasteiger partial charge in [-0.3, -0.25) is 4.79 Å². The highest BCUT2D eigenvalue weighted by Crippen LogP contribution is 2.24. The highest BCUT2D eigenvalue weighted by Gasteiger charge is 2.26. The largest absolute Gasteiger partial charge is 0.338 e. The van der Waals surface area contributed by atoms with Crippen LogP contribution in [0.5, 0.6) is 0 Å². The van der Waals surface area contributed by atoms with Crippen molar-refractivity contribution in [3.8, 4) is 11.4 Å². The number of carbonyl (C=O) groups is 1. The first-order chi connectivity index (χ1) is 12.3. The van der Waals surface area contributed by atoms with Gasteiger partial charge >= 0.3 is 0 Å². The maximum Gasteiger partial charge on any atom is 0.254 e. The van der Waals surface area contributed by atoms with Crippen molar-refractivity contribution in [2.24, 2.45) is 5.73 Å². The molecule has 0 aliphatic carbocycles. The topological polar surface area (TPSA) is 75.0 Å². The molecule has 25 heavy (non-hydrogen) atoms. The van der Waals surface area contributed by atoms with Crippen molar-refractivity contribution >= 4 is 16.9 Å². The molecule has 1 fully saturated rings. The van der Waals surface area contributed by atoms with Crippen LogP contribution >= 0.6 is 0 Å². The van der Waals surface area contributed by atoms with Crippen LogP contribution < -0.4 is 5.73 Å². The number of aromatic nitrogens is 2. The van der Waals surface area contributed by atoms with E-state index in [1.165, 1.54) is 0 Å². The lowest BCUT2D eigenvalue weighted by molar-refractivity contribution is 0.0623. The van der Waals surface area contributed by atoms with E-state index in [1.54, 1.807) is 0 Å². The maximum atomic E-state index is 13.0. The number of rotatable bonds is 3. The van der Waals surface area contributed by atoms with Crippen molar-refractivity contribution in [2.45, 2.75) is 25.3 Å². The van der Waals surface area contributed by atoms with Gasteiger partial charge < -0.3 is 15.6 Å². The molecule has 0 bridgehead atoms. The number of imidazole rings is 1. The van der Waals surface area contributed by atoms with Gasteiger partial charge in [0, 0.05) is 30.3 Å².